The number of likely N-dealkylation sites (tertiary alicyclic amines) is 1. The van der Waals surface area contributed by atoms with Gasteiger partial charge in [0, 0.05) is 38.2 Å². The van der Waals surface area contributed by atoms with Crippen LogP contribution in [0.25, 0.3) is 0 Å². The number of carbonyl (C=O) groups is 2. The van der Waals surface area contributed by atoms with Crippen LogP contribution in [-0.2, 0) is 16.1 Å². The van der Waals surface area contributed by atoms with E-state index in [1.165, 1.54) is 0 Å². The summed E-state index contributed by atoms with van der Waals surface area (Å²) in [5.41, 5.74) is 0.749. The van der Waals surface area contributed by atoms with Gasteiger partial charge in [-0.25, -0.2) is 0 Å². The largest absolute Gasteiger partial charge is 0.342 e. The second-order valence-corrected chi connectivity index (χ2v) is 6.26. The summed E-state index contributed by atoms with van der Waals surface area (Å²) in [6.07, 6.45) is 5.83. The lowest BCUT2D eigenvalue weighted by atomic mass is 9.92. The number of rotatable bonds is 5. The summed E-state index contributed by atoms with van der Waals surface area (Å²) in [7, 11) is 0. The Balaban J connectivity index is 1.75. The fraction of sp³-hybridized carbons (Fsp3) is 0.688. The number of hydrogen-bond acceptors (Lipinski definition) is 3. The molecule has 2 heterocycles. The lowest BCUT2D eigenvalue weighted by molar-refractivity contribution is -0.135. The average Bonchev–Trinajstić information content (AvgIpc) is 2.94. The van der Waals surface area contributed by atoms with Gasteiger partial charge in [0.15, 0.2) is 0 Å². The number of piperidine rings is 1. The third-order valence-corrected chi connectivity index (χ3v) is 4.14. The van der Waals surface area contributed by atoms with E-state index in [0.717, 1.165) is 38.2 Å². The molecule has 1 saturated heterocycles. The molecule has 0 aliphatic carbocycles. The van der Waals surface area contributed by atoms with Crippen LogP contribution in [0.4, 0.5) is 5.69 Å². The molecule has 1 aliphatic heterocycles. The molecular weight excluding hydrogens is 280 g/mol. The first-order valence-electron chi connectivity index (χ1n) is 8.10. The molecule has 6 nitrogen and oxygen atoms in total. The number of anilines is 1. The Morgan fingerprint density at radius 1 is 1.36 bits per heavy atom. The topological polar surface area (TPSA) is 67.2 Å². The molecule has 1 N–H and O–H groups in total. The molecule has 1 fully saturated rings. The highest BCUT2D eigenvalue weighted by atomic mass is 16.2. The molecule has 0 aromatic carbocycles. The van der Waals surface area contributed by atoms with Gasteiger partial charge in [0.25, 0.3) is 0 Å². The number of carbonyl (C=O) groups excluding carboxylic acids is 2. The molecule has 1 aromatic rings. The molecule has 1 aromatic heterocycles. The van der Waals surface area contributed by atoms with Crippen LogP contribution >= 0.6 is 0 Å². The molecule has 0 radical (unpaired) electrons. The minimum atomic E-state index is 0.0317. The summed E-state index contributed by atoms with van der Waals surface area (Å²) < 4.78 is 1.78. The van der Waals surface area contributed by atoms with Gasteiger partial charge in [0.2, 0.25) is 11.8 Å². The van der Waals surface area contributed by atoms with Crippen molar-refractivity contribution in [2.24, 2.45) is 11.8 Å². The Hall–Kier alpha value is -1.85. The molecular formula is C16H26N4O2. The SMILES string of the molecule is CCn1cc(NC(=O)CC2CCN(C(=O)C(C)C)CC2)cn1. The summed E-state index contributed by atoms with van der Waals surface area (Å²) in [5, 5.41) is 7.03. The van der Waals surface area contributed by atoms with E-state index in [2.05, 4.69) is 10.4 Å². The summed E-state index contributed by atoms with van der Waals surface area (Å²) in [5.74, 6) is 0.659. The molecule has 1 aliphatic rings. The zero-order valence-electron chi connectivity index (χ0n) is 13.7. The Bertz CT molecular complexity index is 516. The van der Waals surface area contributed by atoms with Crippen molar-refractivity contribution in [3.05, 3.63) is 12.4 Å². The Kier molecular flexibility index (Phi) is 5.57. The normalized spacial score (nSPS) is 16.1. The van der Waals surface area contributed by atoms with Crippen LogP contribution in [-0.4, -0.2) is 39.6 Å². The van der Waals surface area contributed by atoms with Gasteiger partial charge in [-0.1, -0.05) is 13.8 Å². The van der Waals surface area contributed by atoms with Crippen LogP contribution in [0.1, 0.15) is 40.0 Å². The quantitative estimate of drug-likeness (QED) is 0.906. The maximum Gasteiger partial charge on any atom is 0.225 e. The molecule has 2 rings (SSSR count). The molecule has 2 amide bonds. The van der Waals surface area contributed by atoms with Crippen LogP contribution in [0.15, 0.2) is 12.4 Å². The van der Waals surface area contributed by atoms with Gasteiger partial charge in [-0.3, -0.25) is 14.3 Å². The van der Waals surface area contributed by atoms with E-state index in [9.17, 15) is 9.59 Å². The predicted molar refractivity (Wildman–Crippen MR) is 85.3 cm³/mol. The number of amides is 2. The Morgan fingerprint density at radius 2 is 2.05 bits per heavy atom. The average molecular weight is 306 g/mol. The summed E-state index contributed by atoms with van der Waals surface area (Å²) in [6, 6.07) is 0. The molecule has 122 valence electrons. The molecule has 0 unspecified atom stereocenters. The van der Waals surface area contributed by atoms with E-state index in [4.69, 9.17) is 0 Å². The highest BCUT2D eigenvalue weighted by Gasteiger charge is 2.25. The van der Waals surface area contributed by atoms with E-state index in [1.54, 1.807) is 10.9 Å². The van der Waals surface area contributed by atoms with Gasteiger partial charge in [-0.2, -0.15) is 5.10 Å². The van der Waals surface area contributed by atoms with Gasteiger partial charge in [0.1, 0.15) is 0 Å². The standard InChI is InChI=1S/C16H26N4O2/c1-4-20-11-14(10-17-20)18-15(21)9-13-5-7-19(8-6-13)16(22)12(2)3/h10-13H,4-9H2,1-3H3,(H,18,21). The minimum Gasteiger partial charge on any atom is -0.342 e. The number of aromatic nitrogens is 2. The molecule has 0 bridgehead atoms. The Labute approximate surface area is 131 Å². The second kappa shape index (κ2) is 7.42. The van der Waals surface area contributed by atoms with Crippen molar-refractivity contribution in [2.75, 3.05) is 18.4 Å². The van der Waals surface area contributed by atoms with Gasteiger partial charge in [-0.15, -0.1) is 0 Å². The Morgan fingerprint density at radius 3 is 2.59 bits per heavy atom. The number of nitrogens with zero attached hydrogens (tertiary/aromatic N) is 3. The van der Waals surface area contributed by atoms with Gasteiger partial charge in [-0.05, 0) is 25.7 Å². The summed E-state index contributed by atoms with van der Waals surface area (Å²) >= 11 is 0. The fourth-order valence-corrected chi connectivity index (χ4v) is 2.80. The van der Waals surface area contributed by atoms with Crippen molar-refractivity contribution in [1.82, 2.24) is 14.7 Å². The highest BCUT2D eigenvalue weighted by Crippen LogP contribution is 2.22. The van der Waals surface area contributed by atoms with Crippen molar-refractivity contribution >= 4 is 17.5 Å². The van der Waals surface area contributed by atoms with Gasteiger partial charge in [0.05, 0.1) is 11.9 Å². The van der Waals surface area contributed by atoms with Crippen molar-refractivity contribution in [2.45, 2.75) is 46.6 Å². The second-order valence-electron chi connectivity index (χ2n) is 6.26. The van der Waals surface area contributed by atoms with Crippen LogP contribution in [0.2, 0.25) is 0 Å². The minimum absolute atomic E-state index is 0.0317. The van der Waals surface area contributed by atoms with Crippen molar-refractivity contribution < 1.29 is 9.59 Å². The van der Waals surface area contributed by atoms with Crippen LogP contribution in [0, 0.1) is 11.8 Å². The van der Waals surface area contributed by atoms with E-state index in [0.29, 0.717) is 12.3 Å². The number of aryl methyl sites for hydroxylation is 1. The maximum atomic E-state index is 12.1. The third kappa shape index (κ3) is 4.32. The molecule has 0 spiro atoms. The number of hydrogen-bond donors (Lipinski definition) is 1. The first-order valence-corrected chi connectivity index (χ1v) is 8.10. The van der Waals surface area contributed by atoms with E-state index in [-0.39, 0.29) is 17.7 Å². The predicted octanol–water partition coefficient (Wildman–Crippen LogP) is 2.13. The summed E-state index contributed by atoms with van der Waals surface area (Å²) in [4.78, 5) is 25.9. The van der Waals surface area contributed by atoms with Crippen LogP contribution in [0.3, 0.4) is 0 Å². The van der Waals surface area contributed by atoms with E-state index < -0.39 is 0 Å². The molecule has 0 atom stereocenters. The number of nitrogens with one attached hydrogen (secondary N) is 1. The fourth-order valence-electron chi connectivity index (χ4n) is 2.80. The van der Waals surface area contributed by atoms with Crippen molar-refractivity contribution in [1.29, 1.82) is 0 Å². The zero-order valence-corrected chi connectivity index (χ0v) is 13.7. The van der Waals surface area contributed by atoms with E-state index >= 15 is 0 Å². The third-order valence-electron chi connectivity index (χ3n) is 4.14. The maximum absolute atomic E-state index is 12.1. The smallest absolute Gasteiger partial charge is 0.225 e. The first-order chi connectivity index (χ1) is 10.5. The molecule has 0 saturated carbocycles. The lowest BCUT2D eigenvalue weighted by Crippen LogP contribution is -2.41. The monoisotopic (exact) mass is 306 g/mol. The molecule has 6 heteroatoms. The van der Waals surface area contributed by atoms with E-state index in [1.807, 2.05) is 31.9 Å². The van der Waals surface area contributed by atoms with Crippen LogP contribution in [0.5, 0.6) is 0 Å². The lowest BCUT2D eigenvalue weighted by Gasteiger charge is -2.32. The van der Waals surface area contributed by atoms with Crippen LogP contribution < -0.4 is 5.32 Å². The first kappa shape index (κ1) is 16.5. The zero-order chi connectivity index (χ0) is 16.1. The van der Waals surface area contributed by atoms with Crippen molar-refractivity contribution in [3.8, 4) is 0 Å². The van der Waals surface area contributed by atoms with Gasteiger partial charge >= 0.3 is 0 Å². The van der Waals surface area contributed by atoms with Crippen molar-refractivity contribution in [3.63, 3.8) is 0 Å². The summed E-state index contributed by atoms with van der Waals surface area (Å²) in [6.45, 7) is 8.19. The molecule has 22 heavy (non-hydrogen) atoms. The highest BCUT2D eigenvalue weighted by molar-refractivity contribution is 5.90. The van der Waals surface area contributed by atoms with Gasteiger partial charge < -0.3 is 10.2 Å².